The van der Waals surface area contributed by atoms with Crippen LogP contribution < -0.4 is 0 Å². The van der Waals surface area contributed by atoms with Crippen LogP contribution in [0.5, 0.6) is 0 Å². The van der Waals surface area contributed by atoms with Crippen LogP contribution in [0.4, 0.5) is 0 Å². The van der Waals surface area contributed by atoms with E-state index in [2.05, 4.69) is 11.9 Å². The summed E-state index contributed by atoms with van der Waals surface area (Å²) in [4.78, 5) is 2.31. The first kappa shape index (κ1) is 3.53. The standard InChI is InChI=1S/C6H9N/c1-7-5-3-2-4-6(5)7/h2-4H2,1H3. The molecule has 0 radical (unpaired) electrons. The molecule has 1 aliphatic carbocycles. The van der Waals surface area contributed by atoms with Crippen molar-refractivity contribution in [3.8, 4) is 0 Å². The van der Waals surface area contributed by atoms with Crippen molar-refractivity contribution in [1.29, 1.82) is 0 Å². The Hall–Kier alpha value is -0.460. The van der Waals surface area contributed by atoms with E-state index in [4.69, 9.17) is 0 Å². The Kier molecular flexibility index (Phi) is 0.432. The summed E-state index contributed by atoms with van der Waals surface area (Å²) in [6.45, 7) is 0. The molecule has 1 aliphatic heterocycles. The molecule has 0 aromatic carbocycles. The Bertz CT molecular complexity index is 121. The van der Waals surface area contributed by atoms with Gasteiger partial charge in [-0.2, -0.15) is 0 Å². The number of hydrogen-bond acceptors (Lipinski definition) is 1. The highest BCUT2D eigenvalue weighted by Gasteiger charge is 2.32. The van der Waals surface area contributed by atoms with E-state index in [9.17, 15) is 0 Å². The van der Waals surface area contributed by atoms with Gasteiger partial charge >= 0.3 is 0 Å². The highest BCUT2D eigenvalue weighted by atomic mass is 15.2. The Morgan fingerprint density at radius 1 is 1.29 bits per heavy atom. The molecule has 2 rings (SSSR count). The maximum atomic E-state index is 2.31. The average molecular weight is 95.1 g/mol. The van der Waals surface area contributed by atoms with E-state index in [0.717, 1.165) is 0 Å². The lowest BCUT2D eigenvalue weighted by Gasteiger charge is -2.00. The summed E-state index contributed by atoms with van der Waals surface area (Å²) in [5.41, 5.74) is 3.25. The van der Waals surface area contributed by atoms with E-state index in [0.29, 0.717) is 0 Å². The van der Waals surface area contributed by atoms with Crippen molar-refractivity contribution in [2.45, 2.75) is 19.3 Å². The predicted octanol–water partition coefficient (Wildman–Crippen LogP) is 1.33. The van der Waals surface area contributed by atoms with E-state index in [1.54, 1.807) is 11.4 Å². The number of rotatable bonds is 0. The van der Waals surface area contributed by atoms with E-state index in [1.165, 1.54) is 19.3 Å². The third kappa shape index (κ3) is 0.287. The average Bonchev–Trinajstić information content (AvgIpc) is 2.26. The van der Waals surface area contributed by atoms with Gasteiger partial charge in [0, 0.05) is 18.4 Å². The van der Waals surface area contributed by atoms with Crippen molar-refractivity contribution in [3.05, 3.63) is 11.4 Å². The van der Waals surface area contributed by atoms with E-state index in [1.807, 2.05) is 0 Å². The minimum atomic E-state index is 1.35. The third-order valence-corrected chi connectivity index (χ3v) is 1.92. The van der Waals surface area contributed by atoms with Crippen molar-refractivity contribution >= 4 is 0 Å². The summed E-state index contributed by atoms with van der Waals surface area (Å²) in [7, 11) is 2.16. The maximum Gasteiger partial charge on any atom is 0.0371 e. The Balaban J connectivity index is 2.19. The molecule has 0 unspecified atom stereocenters. The van der Waals surface area contributed by atoms with Crippen molar-refractivity contribution in [3.63, 3.8) is 0 Å². The fraction of sp³-hybridized carbons (Fsp3) is 0.667. The molecule has 0 atom stereocenters. The molecule has 0 saturated heterocycles. The third-order valence-electron chi connectivity index (χ3n) is 1.92. The van der Waals surface area contributed by atoms with Gasteiger partial charge in [-0.1, -0.05) is 0 Å². The lowest BCUT2D eigenvalue weighted by atomic mass is 10.3. The molecule has 0 N–H and O–H groups in total. The zero-order valence-corrected chi connectivity index (χ0v) is 4.57. The number of allylic oxidation sites excluding steroid dienone is 2. The molecule has 1 nitrogen and oxygen atoms in total. The van der Waals surface area contributed by atoms with Gasteiger partial charge < -0.3 is 4.90 Å². The summed E-state index contributed by atoms with van der Waals surface area (Å²) in [6.07, 6.45) is 4.12. The molecule has 0 spiro atoms. The minimum Gasteiger partial charge on any atom is -0.349 e. The fourth-order valence-electron chi connectivity index (χ4n) is 1.39. The topological polar surface area (TPSA) is 3.01 Å². The molecule has 0 aromatic rings. The normalized spacial score (nSPS) is 26.1. The second-order valence-electron chi connectivity index (χ2n) is 2.31. The highest BCUT2D eigenvalue weighted by molar-refractivity contribution is 5.34. The van der Waals surface area contributed by atoms with Crippen LogP contribution in [-0.2, 0) is 0 Å². The first-order valence-corrected chi connectivity index (χ1v) is 2.85. The molecule has 0 aromatic heterocycles. The molecular formula is C6H9N. The summed E-state index contributed by atoms with van der Waals surface area (Å²) >= 11 is 0. The molecule has 0 saturated carbocycles. The van der Waals surface area contributed by atoms with Crippen LogP contribution in [0, 0.1) is 0 Å². The van der Waals surface area contributed by atoms with Gasteiger partial charge in [-0.25, -0.2) is 0 Å². The smallest absolute Gasteiger partial charge is 0.0371 e. The van der Waals surface area contributed by atoms with Crippen LogP contribution in [0.3, 0.4) is 0 Å². The number of hydrogen-bond donors (Lipinski definition) is 0. The molecule has 2 aliphatic rings. The van der Waals surface area contributed by atoms with E-state index < -0.39 is 0 Å². The molecule has 1 heterocycles. The van der Waals surface area contributed by atoms with Gasteiger partial charge in [0.15, 0.2) is 0 Å². The Labute approximate surface area is 43.6 Å². The zero-order valence-electron chi connectivity index (χ0n) is 4.57. The van der Waals surface area contributed by atoms with Crippen LogP contribution in [0.25, 0.3) is 0 Å². The Morgan fingerprint density at radius 3 is 2.14 bits per heavy atom. The van der Waals surface area contributed by atoms with Crippen LogP contribution in [0.15, 0.2) is 11.4 Å². The van der Waals surface area contributed by atoms with Gasteiger partial charge in [-0.15, -0.1) is 0 Å². The Morgan fingerprint density at radius 2 is 1.86 bits per heavy atom. The van der Waals surface area contributed by atoms with Crippen molar-refractivity contribution < 1.29 is 0 Å². The largest absolute Gasteiger partial charge is 0.349 e. The van der Waals surface area contributed by atoms with E-state index >= 15 is 0 Å². The summed E-state index contributed by atoms with van der Waals surface area (Å²) in [5, 5.41) is 0. The molecular weight excluding hydrogens is 86.1 g/mol. The van der Waals surface area contributed by atoms with Crippen LogP contribution in [-0.4, -0.2) is 11.9 Å². The lowest BCUT2D eigenvalue weighted by Crippen LogP contribution is -1.94. The van der Waals surface area contributed by atoms with Crippen LogP contribution in [0.1, 0.15) is 19.3 Å². The second-order valence-corrected chi connectivity index (χ2v) is 2.31. The predicted molar refractivity (Wildman–Crippen MR) is 28.6 cm³/mol. The summed E-state index contributed by atoms with van der Waals surface area (Å²) in [5.74, 6) is 0. The van der Waals surface area contributed by atoms with Gasteiger partial charge in [0.05, 0.1) is 0 Å². The maximum absolute atomic E-state index is 2.31. The molecule has 7 heavy (non-hydrogen) atoms. The molecule has 0 bridgehead atoms. The van der Waals surface area contributed by atoms with Gasteiger partial charge in [0.1, 0.15) is 0 Å². The SMILES string of the molecule is CN1C2=C1CCC2. The lowest BCUT2D eigenvalue weighted by molar-refractivity contribution is 0.581. The van der Waals surface area contributed by atoms with Crippen LogP contribution >= 0.6 is 0 Å². The second kappa shape index (κ2) is 0.857. The summed E-state index contributed by atoms with van der Waals surface area (Å²) < 4.78 is 0. The quantitative estimate of drug-likeness (QED) is 0.438. The minimum absolute atomic E-state index is 1.35. The first-order valence-electron chi connectivity index (χ1n) is 2.85. The molecule has 0 amide bonds. The van der Waals surface area contributed by atoms with Gasteiger partial charge in [-0.05, 0) is 19.3 Å². The van der Waals surface area contributed by atoms with Crippen LogP contribution in [0.2, 0.25) is 0 Å². The number of likely N-dealkylation sites (tertiary alicyclic amines) is 1. The number of piperidine rings is 1. The highest BCUT2D eigenvalue weighted by Crippen LogP contribution is 2.43. The fourth-order valence-corrected chi connectivity index (χ4v) is 1.39. The molecule has 0 fully saturated rings. The van der Waals surface area contributed by atoms with Gasteiger partial charge in [0.2, 0.25) is 0 Å². The first-order chi connectivity index (χ1) is 3.39. The van der Waals surface area contributed by atoms with Gasteiger partial charge in [0.25, 0.3) is 0 Å². The molecule has 38 valence electrons. The van der Waals surface area contributed by atoms with Crippen molar-refractivity contribution in [1.82, 2.24) is 4.90 Å². The van der Waals surface area contributed by atoms with Gasteiger partial charge in [-0.3, -0.25) is 0 Å². The monoisotopic (exact) mass is 95.1 g/mol. The van der Waals surface area contributed by atoms with Crippen molar-refractivity contribution in [2.24, 2.45) is 0 Å². The van der Waals surface area contributed by atoms with Crippen molar-refractivity contribution in [2.75, 3.05) is 7.05 Å². The number of nitrogens with zero attached hydrogens (tertiary/aromatic N) is 1. The van der Waals surface area contributed by atoms with E-state index in [-0.39, 0.29) is 0 Å². The summed E-state index contributed by atoms with van der Waals surface area (Å²) in [6, 6.07) is 0. The zero-order chi connectivity index (χ0) is 4.85. The molecule has 1 heteroatoms.